The molecule has 0 bridgehead atoms. The zero-order valence-corrected chi connectivity index (χ0v) is 15.3. The zero-order valence-electron chi connectivity index (χ0n) is 12.9. The molecule has 2 heterocycles. The van der Waals surface area contributed by atoms with Gasteiger partial charge in [-0.3, -0.25) is 9.20 Å². The number of aromatic carboxylic acids is 1. The van der Waals surface area contributed by atoms with Gasteiger partial charge in [-0.2, -0.15) is 0 Å². The molecular formula is C17H13BrN2O3S. The van der Waals surface area contributed by atoms with Crippen molar-refractivity contribution in [3.63, 3.8) is 0 Å². The number of nitrogens with zero attached hydrogens (tertiary/aromatic N) is 2. The van der Waals surface area contributed by atoms with E-state index in [0.717, 1.165) is 28.0 Å². The SMILES string of the molecule is Cc1ccc(C)c(/C=C/c2nc3sc(C(=O)O)cn3c(=O)c2Br)c1. The number of aryl methyl sites for hydroxylation is 2. The Morgan fingerprint density at radius 3 is 2.79 bits per heavy atom. The molecule has 0 saturated carbocycles. The summed E-state index contributed by atoms with van der Waals surface area (Å²) >= 11 is 4.23. The second-order valence-corrected chi connectivity index (χ2v) is 7.16. The van der Waals surface area contributed by atoms with Gasteiger partial charge in [0.2, 0.25) is 0 Å². The molecule has 0 spiro atoms. The lowest BCUT2D eigenvalue weighted by atomic mass is 10.1. The number of carboxylic acids is 1. The summed E-state index contributed by atoms with van der Waals surface area (Å²) < 4.78 is 1.55. The van der Waals surface area contributed by atoms with E-state index in [1.54, 1.807) is 6.08 Å². The van der Waals surface area contributed by atoms with E-state index in [1.165, 1.54) is 10.6 Å². The molecule has 0 aliphatic carbocycles. The molecule has 0 atom stereocenters. The van der Waals surface area contributed by atoms with Gasteiger partial charge in [0.15, 0.2) is 4.96 Å². The van der Waals surface area contributed by atoms with E-state index in [9.17, 15) is 9.59 Å². The van der Waals surface area contributed by atoms with Gasteiger partial charge >= 0.3 is 5.97 Å². The molecule has 24 heavy (non-hydrogen) atoms. The standard InChI is InChI=1S/C17H13BrN2O3S/c1-9-3-4-10(2)11(7-9)5-6-12-14(18)15(21)20-8-13(16(22)23)24-17(20)19-12/h3-8H,1-2H3,(H,22,23)/b6-5+. The third-order valence-corrected chi connectivity index (χ3v) is 5.28. The monoisotopic (exact) mass is 404 g/mol. The number of benzene rings is 1. The molecule has 0 radical (unpaired) electrons. The van der Waals surface area contributed by atoms with Gasteiger partial charge in [-0.1, -0.05) is 41.2 Å². The Hall–Kier alpha value is -2.25. The van der Waals surface area contributed by atoms with E-state index in [-0.39, 0.29) is 10.4 Å². The summed E-state index contributed by atoms with van der Waals surface area (Å²) in [6.45, 7) is 4.03. The van der Waals surface area contributed by atoms with Crippen LogP contribution in [0.3, 0.4) is 0 Å². The van der Waals surface area contributed by atoms with Gasteiger partial charge in [0, 0.05) is 6.20 Å². The molecule has 1 N–H and O–H groups in total. The molecule has 122 valence electrons. The average Bonchev–Trinajstić information content (AvgIpc) is 2.97. The molecule has 3 rings (SSSR count). The average molecular weight is 405 g/mol. The van der Waals surface area contributed by atoms with Crippen molar-refractivity contribution in [2.45, 2.75) is 13.8 Å². The number of fused-ring (bicyclic) bond motifs is 1. The first-order valence-electron chi connectivity index (χ1n) is 7.07. The van der Waals surface area contributed by atoms with Gasteiger partial charge < -0.3 is 5.11 Å². The topological polar surface area (TPSA) is 71.7 Å². The third kappa shape index (κ3) is 3.05. The van der Waals surface area contributed by atoms with E-state index in [0.29, 0.717) is 15.1 Å². The molecule has 0 aliphatic heterocycles. The lowest BCUT2D eigenvalue weighted by molar-refractivity contribution is 0.0702. The van der Waals surface area contributed by atoms with Crippen LogP contribution in [0.15, 0.2) is 33.7 Å². The first kappa shape index (κ1) is 16.6. The van der Waals surface area contributed by atoms with Crippen LogP contribution in [-0.2, 0) is 0 Å². The van der Waals surface area contributed by atoms with Crippen molar-refractivity contribution in [1.29, 1.82) is 0 Å². The van der Waals surface area contributed by atoms with Crippen LogP contribution in [0, 0.1) is 13.8 Å². The summed E-state index contributed by atoms with van der Waals surface area (Å²) in [5.74, 6) is -1.08. The van der Waals surface area contributed by atoms with Crippen LogP contribution in [0.2, 0.25) is 0 Å². The normalized spacial score (nSPS) is 11.5. The molecule has 0 saturated heterocycles. The maximum absolute atomic E-state index is 12.4. The largest absolute Gasteiger partial charge is 0.477 e. The second-order valence-electron chi connectivity index (χ2n) is 5.36. The van der Waals surface area contributed by atoms with Crippen molar-refractivity contribution in [1.82, 2.24) is 9.38 Å². The number of aromatic nitrogens is 2. The molecule has 1 aromatic carbocycles. The fourth-order valence-electron chi connectivity index (χ4n) is 2.25. The Kier molecular flexibility index (Phi) is 4.38. The molecule has 3 aromatic rings. The highest BCUT2D eigenvalue weighted by Crippen LogP contribution is 2.21. The summed E-state index contributed by atoms with van der Waals surface area (Å²) in [5.41, 5.74) is 3.45. The van der Waals surface area contributed by atoms with Gasteiger partial charge in [-0.25, -0.2) is 9.78 Å². The maximum Gasteiger partial charge on any atom is 0.347 e. The Morgan fingerprint density at radius 1 is 1.33 bits per heavy atom. The van der Waals surface area contributed by atoms with Gasteiger partial charge in [-0.05, 0) is 47.0 Å². The maximum atomic E-state index is 12.4. The summed E-state index contributed by atoms with van der Waals surface area (Å²) in [7, 11) is 0. The van der Waals surface area contributed by atoms with Crippen LogP contribution in [-0.4, -0.2) is 20.5 Å². The Morgan fingerprint density at radius 2 is 2.08 bits per heavy atom. The molecule has 2 aromatic heterocycles. The second kappa shape index (κ2) is 6.33. The molecule has 7 heteroatoms. The minimum Gasteiger partial charge on any atom is -0.477 e. The smallest absolute Gasteiger partial charge is 0.347 e. The number of thiazole rings is 1. The van der Waals surface area contributed by atoms with Crippen molar-refractivity contribution in [3.8, 4) is 0 Å². The number of halogens is 1. The molecule has 5 nitrogen and oxygen atoms in total. The van der Waals surface area contributed by atoms with Crippen LogP contribution in [0.1, 0.15) is 32.1 Å². The van der Waals surface area contributed by atoms with Crippen molar-refractivity contribution < 1.29 is 9.90 Å². The summed E-state index contributed by atoms with van der Waals surface area (Å²) in [5, 5.41) is 9.07. The van der Waals surface area contributed by atoms with Crippen LogP contribution < -0.4 is 5.56 Å². The highest BCUT2D eigenvalue weighted by molar-refractivity contribution is 9.10. The molecule has 0 fully saturated rings. The minimum absolute atomic E-state index is 0.0714. The number of rotatable bonds is 3. The number of hydrogen-bond acceptors (Lipinski definition) is 4. The first-order chi connectivity index (χ1) is 11.4. The van der Waals surface area contributed by atoms with E-state index in [1.807, 2.05) is 32.1 Å². The fourth-order valence-corrected chi connectivity index (χ4v) is 3.49. The fraction of sp³-hybridized carbons (Fsp3) is 0.118. The van der Waals surface area contributed by atoms with Crippen molar-refractivity contribution in [3.05, 3.63) is 66.5 Å². The van der Waals surface area contributed by atoms with E-state index >= 15 is 0 Å². The summed E-state index contributed by atoms with van der Waals surface area (Å²) in [4.78, 5) is 28.3. The third-order valence-electron chi connectivity index (χ3n) is 3.57. The summed E-state index contributed by atoms with van der Waals surface area (Å²) in [6, 6.07) is 6.13. The van der Waals surface area contributed by atoms with Gasteiger partial charge in [-0.15, -0.1) is 0 Å². The predicted molar refractivity (Wildman–Crippen MR) is 98.8 cm³/mol. The van der Waals surface area contributed by atoms with Crippen LogP contribution in [0.5, 0.6) is 0 Å². The lowest BCUT2D eigenvalue weighted by Gasteiger charge is -2.02. The highest BCUT2D eigenvalue weighted by Gasteiger charge is 2.14. The number of carboxylic acid groups (broad SMARTS) is 1. The Balaban J connectivity index is 2.11. The van der Waals surface area contributed by atoms with Crippen LogP contribution >= 0.6 is 27.3 Å². The number of hydrogen-bond donors (Lipinski definition) is 1. The van der Waals surface area contributed by atoms with Gasteiger partial charge in [0.05, 0.1) is 5.69 Å². The van der Waals surface area contributed by atoms with Gasteiger partial charge in [0.1, 0.15) is 9.35 Å². The molecular weight excluding hydrogens is 392 g/mol. The number of carbonyl (C=O) groups is 1. The Bertz CT molecular complexity index is 1050. The zero-order chi connectivity index (χ0) is 17.4. The van der Waals surface area contributed by atoms with Crippen LogP contribution in [0.25, 0.3) is 17.1 Å². The highest BCUT2D eigenvalue weighted by atomic mass is 79.9. The van der Waals surface area contributed by atoms with Gasteiger partial charge in [0.25, 0.3) is 5.56 Å². The van der Waals surface area contributed by atoms with Crippen LogP contribution in [0.4, 0.5) is 0 Å². The van der Waals surface area contributed by atoms with E-state index in [2.05, 4.69) is 27.0 Å². The minimum atomic E-state index is -1.08. The quantitative estimate of drug-likeness (QED) is 0.715. The van der Waals surface area contributed by atoms with E-state index in [4.69, 9.17) is 5.11 Å². The van der Waals surface area contributed by atoms with E-state index < -0.39 is 5.97 Å². The van der Waals surface area contributed by atoms with Crippen molar-refractivity contribution >= 4 is 50.3 Å². The van der Waals surface area contributed by atoms with Crippen molar-refractivity contribution in [2.24, 2.45) is 0 Å². The summed E-state index contributed by atoms with van der Waals surface area (Å²) in [6.07, 6.45) is 4.95. The first-order valence-corrected chi connectivity index (χ1v) is 8.68. The lowest BCUT2D eigenvalue weighted by Crippen LogP contribution is -2.15. The molecule has 0 unspecified atom stereocenters. The predicted octanol–water partition coefficient (Wildman–Crippen LogP) is 4.00. The molecule has 0 amide bonds. The molecule has 0 aliphatic rings. The Labute approximate surface area is 150 Å². The van der Waals surface area contributed by atoms with Crippen molar-refractivity contribution in [2.75, 3.05) is 0 Å².